The van der Waals surface area contributed by atoms with Crippen molar-refractivity contribution in [1.82, 2.24) is 14.5 Å². The number of ether oxygens (including phenoxy) is 1. The van der Waals surface area contributed by atoms with E-state index in [0.29, 0.717) is 36.7 Å². The third-order valence-electron chi connectivity index (χ3n) is 5.31. The van der Waals surface area contributed by atoms with E-state index in [1.807, 2.05) is 43.3 Å². The molecule has 8 heteroatoms. The van der Waals surface area contributed by atoms with E-state index in [9.17, 15) is 14.4 Å². The van der Waals surface area contributed by atoms with Crippen molar-refractivity contribution in [1.29, 1.82) is 0 Å². The molecule has 0 bridgehead atoms. The molecule has 0 atom stereocenters. The molecule has 2 N–H and O–H groups in total. The van der Waals surface area contributed by atoms with Crippen molar-refractivity contribution in [2.75, 3.05) is 11.9 Å². The Labute approximate surface area is 189 Å². The van der Waals surface area contributed by atoms with Crippen LogP contribution in [0.15, 0.2) is 70.3 Å². The minimum Gasteiger partial charge on any atom is -0.492 e. The molecule has 8 nitrogen and oxygen atoms in total. The first-order valence-electron chi connectivity index (χ1n) is 10.7. The number of aromatic amines is 1. The Hall–Kier alpha value is -4.20. The maximum atomic E-state index is 13.0. The summed E-state index contributed by atoms with van der Waals surface area (Å²) in [6.07, 6.45) is 0.596. The van der Waals surface area contributed by atoms with Crippen LogP contribution in [-0.2, 0) is 13.0 Å². The lowest BCUT2D eigenvalue weighted by Crippen LogP contribution is -2.32. The Bertz CT molecular complexity index is 1420. The minimum absolute atomic E-state index is 0.177. The number of benzene rings is 2. The summed E-state index contributed by atoms with van der Waals surface area (Å²) in [6.45, 7) is 4.34. The lowest BCUT2D eigenvalue weighted by molar-refractivity contribution is 0.102. The topological polar surface area (TPSA) is 106 Å². The molecule has 4 rings (SSSR count). The van der Waals surface area contributed by atoms with Gasteiger partial charge in [-0.15, -0.1) is 0 Å². The maximum absolute atomic E-state index is 13.0. The van der Waals surface area contributed by atoms with Crippen molar-refractivity contribution >= 4 is 22.6 Å². The first kappa shape index (κ1) is 22.0. The Morgan fingerprint density at radius 3 is 2.58 bits per heavy atom. The summed E-state index contributed by atoms with van der Waals surface area (Å²) in [5, 5.41) is 3.00. The van der Waals surface area contributed by atoms with Crippen LogP contribution in [0.5, 0.6) is 5.75 Å². The molecule has 0 aliphatic rings. The van der Waals surface area contributed by atoms with Gasteiger partial charge in [-0.1, -0.05) is 42.5 Å². The van der Waals surface area contributed by atoms with Gasteiger partial charge in [-0.2, -0.15) is 0 Å². The van der Waals surface area contributed by atoms with E-state index in [1.54, 1.807) is 25.1 Å². The highest BCUT2D eigenvalue weighted by Gasteiger charge is 2.17. The Morgan fingerprint density at radius 2 is 1.82 bits per heavy atom. The van der Waals surface area contributed by atoms with Gasteiger partial charge in [0.2, 0.25) is 0 Å². The molecule has 0 aliphatic heterocycles. The SMILES string of the molecule is CCOc1ccccc1NC(=O)c1cc2c(=O)[nH]c(=O)n(CCc3ccccc3)c2nc1C. The second-order valence-electron chi connectivity index (χ2n) is 7.52. The van der Waals surface area contributed by atoms with Crippen LogP contribution in [-0.4, -0.2) is 27.0 Å². The minimum atomic E-state index is -0.581. The average Bonchev–Trinajstić information content (AvgIpc) is 2.80. The molecule has 0 radical (unpaired) electrons. The molecular weight excluding hydrogens is 420 g/mol. The molecule has 33 heavy (non-hydrogen) atoms. The van der Waals surface area contributed by atoms with Crippen LogP contribution in [0.1, 0.15) is 28.5 Å². The second kappa shape index (κ2) is 9.52. The van der Waals surface area contributed by atoms with Gasteiger partial charge in [-0.05, 0) is 44.0 Å². The lowest BCUT2D eigenvalue weighted by Gasteiger charge is -2.14. The molecule has 0 fully saturated rings. The number of amides is 1. The monoisotopic (exact) mass is 444 g/mol. The van der Waals surface area contributed by atoms with Gasteiger partial charge in [0, 0.05) is 6.54 Å². The van der Waals surface area contributed by atoms with Gasteiger partial charge in [0.1, 0.15) is 11.4 Å². The molecule has 0 saturated heterocycles. The number of H-pyrrole nitrogens is 1. The molecule has 0 aliphatic carbocycles. The van der Waals surface area contributed by atoms with E-state index < -0.39 is 17.2 Å². The van der Waals surface area contributed by atoms with Crippen LogP contribution < -0.4 is 21.3 Å². The number of carbonyl (C=O) groups is 1. The Balaban J connectivity index is 1.70. The number of nitrogens with zero attached hydrogens (tertiary/aromatic N) is 2. The fraction of sp³-hybridized carbons (Fsp3) is 0.200. The van der Waals surface area contributed by atoms with E-state index in [1.165, 1.54) is 10.6 Å². The van der Waals surface area contributed by atoms with Crippen LogP contribution >= 0.6 is 0 Å². The molecule has 0 saturated carbocycles. The van der Waals surface area contributed by atoms with Gasteiger partial charge < -0.3 is 10.1 Å². The highest BCUT2D eigenvalue weighted by atomic mass is 16.5. The van der Waals surface area contributed by atoms with E-state index in [-0.39, 0.29) is 16.6 Å². The van der Waals surface area contributed by atoms with E-state index >= 15 is 0 Å². The van der Waals surface area contributed by atoms with Crippen molar-refractivity contribution in [3.63, 3.8) is 0 Å². The summed E-state index contributed by atoms with van der Waals surface area (Å²) in [5.41, 5.74) is 1.37. The molecule has 4 aromatic rings. The summed E-state index contributed by atoms with van der Waals surface area (Å²) < 4.78 is 7.00. The number of fused-ring (bicyclic) bond motifs is 1. The number of hydrogen-bond acceptors (Lipinski definition) is 5. The predicted molar refractivity (Wildman–Crippen MR) is 127 cm³/mol. The number of pyridine rings is 1. The van der Waals surface area contributed by atoms with Crippen molar-refractivity contribution in [2.24, 2.45) is 0 Å². The van der Waals surface area contributed by atoms with E-state index in [0.717, 1.165) is 5.56 Å². The third-order valence-corrected chi connectivity index (χ3v) is 5.31. The van der Waals surface area contributed by atoms with Gasteiger partial charge in [-0.3, -0.25) is 19.1 Å². The van der Waals surface area contributed by atoms with Gasteiger partial charge in [0.25, 0.3) is 11.5 Å². The summed E-state index contributed by atoms with van der Waals surface area (Å²) in [4.78, 5) is 44.9. The molecule has 168 valence electrons. The van der Waals surface area contributed by atoms with Crippen LogP contribution in [0.4, 0.5) is 5.69 Å². The van der Waals surface area contributed by atoms with Crippen LogP contribution in [0.25, 0.3) is 11.0 Å². The van der Waals surface area contributed by atoms with Crippen molar-refractivity contribution in [2.45, 2.75) is 26.8 Å². The Kier molecular flexibility index (Phi) is 6.35. The number of carbonyl (C=O) groups excluding carboxylic acids is 1. The number of hydrogen-bond donors (Lipinski definition) is 2. The predicted octanol–water partition coefficient (Wildman–Crippen LogP) is 3.29. The third kappa shape index (κ3) is 4.69. The zero-order chi connectivity index (χ0) is 23.4. The summed E-state index contributed by atoms with van der Waals surface area (Å²) in [5.74, 6) is 0.128. The van der Waals surface area contributed by atoms with Crippen molar-refractivity contribution < 1.29 is 9.53 Å². The van der Waals surface area contributed by atoms with Gasteiger partial charge >= 0.3 is 5.69 Å². The average molecular weight is 444 g/mol. The smallest absolute Gasteiger partial charge is 0.330 e. The van der Waals surface area contributed by atoms with Gasteiger partial charge in [-0.25, -0.2) is 9.78 Å². The zero-order valence-electron chi connectivity index (χ0n) is 18.4. The van der Waals surface area contributed by atoms with E-state index in [4.69, 9.17) is 4.74 Å². The number of rotatable bonds is 7. The van der Waals surface area contributed by atoms with Gasteiger partial charge in [0.05, 0.1) is 28.9 Å². The Morgan fingerprint density at radius 1 is 1.09 bits per heavy atom. The number of aryl methyl sites for hydroxylation is 3. The molecule has 2 aromatic carbocycles. The number of anilines is 1. The first-order valence-corrected chi connectivity index (χ1v) is 10.7. The first-order chi connectivity index (χ1) is 16.0. The van der Waals surface area contributed by atoms with Crippen LogP contribution in [0, 0.1) is 6.92 Å². The fourth-order valence-electron chi connectivity index (χ4n) is 3.66. The molecule has 1 amide bonds. The fourth-order valence-corrected chi connectivity index (χ4v) is 3.66. The zero-order valence-corrected chi connectivity index (χ0v) is 18.4. The number of para-hydroxylation sites is 2. The standard InChI is InChI=1S/C25H24N4O4/c1-3-33-21-12-8-7-11-20(21)27-23(30)18-15-19-22(26-16(18)2)29(25(32)28-24(19)31)14-13-17-9-5-4-6-10-17/h4-12,15H,3,13-14H2,1-2H3,(H,27,30)(H,28,31,32). The summed E-state index contributed by atoms with van der Waals surface area (Å²) in [7, 11) is 0. The van der Waals surface area contributed by atoms with Crippen LogP contribution in [0.2, 0.25) is 0 Å². The molecular formula is C25H24N4O4. The quantitative estimate of drug-likeness (QED) is 0.455. The summed E-state index contributed by atoms with van der Waals surface area (Å²) >= 11 is 0. The van der Waals surface area contributed by atoms with Crippen molar-refractivity contribution in [3.8, 4) is 5.75 Å². The van der Waals surface area contributed by atoms with E-state index in [2.05, 4.69) is 15.3 Å². The van der Waals surface area contributed by atoms with Gasteiger partial charge in [0.15, 0.2) is 0 Å². The second-order valence-corrected chi connectivity index (χ2v) is 7.52. The summed E-state index contributed by atoms with van der Waals surface area (Å²) in [6, 6.07) is 18.3. The molecule has 2 aromatic heterocycles. The molecule has 2 heterocycles. The lowest BCUT2D eigenvalue weighted by atomic mass is 10.1. The van der Waals surface area contributed by atoms with Crippen LogP contribution in [0.3, 0.4) is 0 Å². The molecule has 0 spiro atoms. The maximum Gasteiger partial charge on any atom is 0.330 e. The highest BCUT2D eigenvalue weighted by molar-refractivity contribution is 6.07. The number of aromatic nitrogens is 3. The molecule has 0 unspecified atom stereocenters. The largest absolute Gasteiger partial charge is 0.492 e. The normalized spacial score (nSPS) is 10.8. The highest BCUT2D eigenvalue weighted by Crippen LogP contribution is 2.25. The number of nitrogens with one attached hydrogen (secondary N) is 2. The van der Waals surface area contributed by atoms with Crippen molar-refractivity contribution in [3.05, 3.63) is 98.3 Å².